The van der Waals surface area contributed by atoms with Gasteiger partial charge in [0.1, 0.15) is 6.04 Å². The Kier molecular flexibility index (Phi) is 11.8. The van der Waals surface area contributed by atoms with Crippen molar-refractivity contribution in [1.82, 2.24) is 5.01 Å². The largest absolute Gasteiger partial charge is 0.493 e. The number of ether oxygens (including phenoxy) is 3. The van der Waals surface area contributed by atoms with Crippen LogP contribution in [0.1, 0.15) is 64.7 Å². The predicted octanol–water partition coefficient (Wildman–Crippen LogP) is 5.64. The Balaban J connectivity index is 1.59. The van der Waals surface area contributed by atoms with Gasteiger partial charge in [0.2, 0.25) is 11.7 Å². The van der Waals surface area contributed by atoms with Crippen LogP contribution in [0.5, 0.6) is 17.2 Å². The number of nitro groups is 1. The number of carbonyl (C=O) groups is 2. The number of fused-ring (bicyclic) bond motifs is 1. The molecule has 12 heteroatoms. The number of imide groups is 1. The number of carbonyl (C=O) groups excluding carboxylic acids is 2. The van der Waals surface area contributed by atoms with E-state index in [9.17, 15) is 24.8 Å². The molecule has 2 N–H and O–H groups in total. The molecule has 4 rings (SSSR count). The maximum Gasteiger partial charge on any atom is 0.269 e. The lowest BCUT2D eigenvalue weighted by atomic mass is 9.91. The average Bonchev–Trinajstić information content (AvgIpc) is 3.30. The standard InChI is InChI=1S/C33H44N4O8/c1-5-6-7-8-9-10-11-12-13-27(38)26-19-18-25-30(36(26)34-22-14-16-23(17-15-22)37(41)42)33(40)35(32(25)39)24-20-28(43-2)31(45-4)29(21-24)44-3/h14-21,25-27,30,34,38H,5-13H2,1-4H3/t25?,26?,27-,30-/m0/s1. The molecular formula is C33H44N4O8. The Morgan fingerprint density at radius 3 is 2.04 bits per heavy atom. The second kappa shape index (κ2) is 15.7. The monoisotopic (exact) mass is 624 g/mol. The molecule has 0 bridgehead atoms. The summed E-state index contributed by atoms with van der Waals surface area (Å²) in [7, 11) is 4.36. The summed E-state index contributed by atoms with van der Waals surface area (Å²) in [5.41, 5.74) is 3.85. The maximum atomic E-state index is 14.1. The van der Waals surface area contributed by atoms with Gasteiger partial charge in [-0.3, -0.25) is 19.7 Å². The van der Waals surface area contributed by atoms with Gasteiger partial charge in [-0.2, -0.15) is 0 Å². The molecule has 1 fully saturated rings. The Morgan fingerprint density at radius 2 is 1.49 bits per heavy atom. The lowest BCUT2D eigenvalue weighted by Gasteiger charge is -2.40. The van der Waals surface area contributed by atoms with E-state index < -0.39 is 40.8 Å². The van der Waals surface area contributed by atoms with E-state index in [1.807, 2.05) is 0 Å². The Bertz CT molecular complexity index is 1340. The molecule has 0 aliphatic carbocycles. The summed E-state index contributed by atoms with van der Waals surface area (Å²) in [4.78, 5) is 39.7. The highest BCUT2D eigenvalue weighted by Gasteiger charge is 2.54. The summed E-state index contributed by atoms with van der Waals surface area (Å²) in [6.45, 7) is 2.20. The highest BCUT2D eigenvalue weighted by molar-refractivity contribution is 6.24. The minimum Gasteiger partial charge on any atom is -0.493 e. The summed E-state index contributed by atoms with van der Waals surface area (Å²) < 4.78 is 16.3. The van der Waals surface area contributed by atoms with E-state index in [4.69, 9.17) is 14.2 Å². The van der Waals surface area contributed by atoms with Gasteiger partial charge in [0, 0.05) is 30.0 Å². The molecule has 12 nitrogen and oxygen atoms in total. The van der Waals surface area contributed by atoms with Gasteiger partial charge in [-0.05, 0) is 18.6 Å². The first kappa shape index (κ1) is 33.7. The number of amides is 2. The van der Waals surface area contributed by atoms with E-state index in [1.54, 1.807) is 29.3 Å². The quantitative estimate of drug-likeness (QED) is 0.0746. The predicted molar refractivity (Wildman–Crippen MR) is 171 cm³/mol. The van der Waals surface area contributed by atoms with E-state index in [0.717, 1.165) is 24.2 Å². The van der Waals surface area contributed by atoms with Gasteiger partial charge in [-0.1, -0.05) is 70.4 Å². The molecule has 2 unspecified atom stereocenters. The average molecular weight is 625 g/mol. The zero-order valence-corrected chi connectivity index (χ0v) is 26.4. The van der Waals surface area contributed by atoms with Crippen LogP contribution in [0.15, 0.2) is 48.6 Å². The van der Waals surface area contributed by atoms with Gasteiger partial charge in [0.15, 0.2) is 11.5 Å². The van der Waals surface area contributed by atoms with Crippen LogP contribution in [0.2, 0.25) is 0 Å². The molecule has 0 aromatic heterocycles. The lowest BCUT2D eigenvalue weighted by molar-refractivity contribution is -0.384. The van der Waals surface area contributed by atoms with Gasteiger partial charge in [-0.25, -0.2) is 9.91 Å². The Hall–Kier alpha value is -4.16. The van der Waals surface area contributed by atoms with Gasteiger partial charge >= 0.3 is 0 Å². The number of aliphatic hydroxyl groups is 1. The van der Waals surface area contributed by atoms with Gasteiger partial charge in [0.25, 0.3) is 11.6 Å². The molecule has 2 aromatic carbocycles. The van der Waals surface area contributed by atoms with E-state index in [2.05, 4.69) is 12.3 Å². The number of unbranched alkanes of at least 4 members (excludes halogenated alkanes) is 7. The summed E-state index contributed by atoms with van der Waals surface area (Å²) in [6, 6.07) is 7.24. The van der Waals surface area contributed by atoms with Crippen LogP contribution in [-0.4, -0.2) is 66.4 Å². The van der Waals surface area contributed by atoms with Gasteiger partial charge in [-0.15, -0.1) is 0 Å². The number of methoxy groups -OCH3 is 3. The smallest absolute Gasteiger partial charge is 0.269 e. The molecule has 0 saturated carbocycles. The number of anilines is 2. The highest BCUT2D eigenvalue weighted by Crippen LogP contribution is 2.44. The maximum absolute atomic E-state index is 14.1. The third-order valence-electron chi connectivity index (χ3n) is 8.45. The fraction of sp³-hybridized carbons (Fsp3) is 0.515. The van der Waals surface area contributed by atoms with Crippen LogP contribution >= 0.6 is 0 Å². The van der Waals surface area contributed by atoms with Crippen molar-refractivity contribution in [2.75, 3.05) is 31.7 Å². The number of aliphatic hydroxyl groups excluding tert-OH is 1. The summed E-state index contributed by atoms with van der Waals surface area (Å²) in [5, 5.41) is 24.2. The fourth-order valence-corrected chi connectivity index (χ4v) is 6.04. The van der Waals surface area contributed by atoms with Crippen molar-refractivity contribution in [2.24, 2.45) is 5.92 Å². The lowest BCUT2D eigenvalue weighted by Crippen LogP contribution is -2.57. The number of non-ortho nitro benzene ring substituents is 1. The molecular weight excluding hydrogens is 580 g/mol. The van der Waals surface area contributed by atoms with Crippen LogP contribution in [0.3, 0.4) is 0 Å². The first-order valence-electron chi connectivity index (χ1n) is 15.6. The third-order valence-corrected chi connectivity index (χ3v) is 8.45. The number of hydrogen-bond donors (Lipinski definition) is 2. The number of nitrogens with one attached hydrogen (secondary N) is 1. The van der Waals surface area contributed by atoms with Crippen LogP contribution in [0, 0.1) is 16.0 Å². The topological polar surface area (TPSA) is 144 Å². The molecule has 0 spiro atoms. The van der Waals surface area contributed by atoms with Crippen LogP contribution in [0.4, 0.5) is 17.1 Å². The number of hydrazine groups is 1. The van der Waals surface area contributed by atoms with Crippen molar-refractivity contribution < 1.29 is 33.8 Å². The van der Waals surface area contributed by atoms with Crippen LogP contribution in [-0.2, 0) is 9.59 Å². The molecule has 4 atom stereocenters. The van der Waals surface area contributed by atoms with Crippen molar-refractivity contribution in [3.8, 4) is 17.2 Å². The highest BCUT2D eigenvalue weighted by atomic mass is 16.6. The van der Waals surface area contributed by atoms with Gasteiger partial charge in [0.05, 0.1) is 50.0 Å². The third kappa shape index (κ3) is 7.56. The minimum absolute atomic E-state index is 0.0797. The molecule has 1 saturated heterocycles. The summed E-state index contributed by atoms with van der Waals surface area (Å²) in [5.74, 6) is -0.876. The van der Waals surface area contributed by atoms with Crippen molar-refractivity contribution in [3.63, 3.8) is 0 Å². The molecule has 2 aliphatic rings. The minimum atomic E-state index is -0.991. The van der Waals surface area contributed by atoms with Crippen LogP contribution in [0.25, 0.3) is 0 Å². The van der Waals surface area contributed by atoms with Crippen LogP contribution < -0.4 is 24.5 Å². The van der Waals surface area contributed by atoms with E-state index >= 15 is 0 Å². The fourth-order valence-electron chi connectivity index (χ4n) is 6.04. The number of nitrogens with zero attached hydrogens (tertiary/aromatic N) is 3. The second-order valence-electron chi connectivity index (χ2n) is 11.4. The normalized spacial score (nSPS) is 20.2. The number of hydrogen-bond acceptors (Lipinski definition) is 10. The van der Waals surface area contributed by atoms with Crippen molar-refractivity contribution >= 4 is 28.9 Å². The Labute approximate surface area is 264 Å². The zero-order valence-electron chi connectivity index (χ0n) is 26.4. The molecule has 2 heterocycles. The molecule has 2 aromatic rings. The van der Waals surface area contributed by atoms with E-state index in [0.29, 0.717) is 17.9 Å². The second-order valence-corrected chi connectivity index (χ2v) is 11.4. The molecule has 45 heavy (non-hydrogen) atoms. The molecule has 2 aliphatic heterocycles. The van der Waals surface area contributed by atoms with Crippen molar-refractivity contribution in [2.45, 2.75) is 82.9 Å². The van der Waals surface area contributed by atoms with Gasteiger partial charge < -0.3 is 24.7 Å². The molecule has 2 amide bonds. The molecule has 0 radical (unpaired) electrons. The number of benzene rings is 2. The SMILES string of the molecule is CCCCCCCCCC[C@H](O)C1C=CC2C(=O)N(c3cc(OC)c(OC)c(OC)c3)C(=O)[C@H]2N1Nc1ccc([N+](=O)[O-])cc1. The van der Waals surface area contributed by atoms with Crippen molar-refractivity contribution in [3.05, 3.63) is 58.7 Å². The Morgan fingerprint density at radius 1 is 0.889 bits per heavy atom. The first-order valence-corrected chi connectivity index (χ1v) is 15.6. The first-order chi connectivity index (χ1) is 21.7. The van der Waals surface area contributed by atoms with E-state index in [-0.39, 0.29) is 22.9 Å². The molecule has 244 valence electrons. The number of nitro benzene ring substituents is 1. The summed E-state index contributed by atoms with van der Waals surface area (Å²) >= 11 is 0. The zero-order chi connectivity index (χ0) is 32.5. The van der Waals surface area contributed by atoms with E-state index in [1.165, 1.54) is 77.7 Å². The summed E-state index contributed by atoms with van der Waals surface area (Å²) in [6.07, 6.45) is 12.2. The van der Waals surface area contributed by atoms with Crippen molar-refractivity contribution in [1.29, 1.82) is 0 Å². The number of rotatable bonds is 17.